The Hall–Kier alpha value is -2.55. The number of carbonyl (C=O) groups excluding carboxylic acids is 1. The molecule has 9 heteroatoms. The van der Waals surface area contributed by atoms with Gasteiger partial charge in [-0.1, -0.05) is 18.2 Å². The summed E-state index contributed by atoms with van der Waals surface area (Å²) in [6.45, 7) is 1.93. The van der Waals surface area contributed by atoms with Gasteiger partial charge >= 0.3 is 6.18 Å². The number of alkyl halides is 3. The molecule has 1 atom stereocenters. The molecular formula is C18H15F3N2O3S. The average Bonchev–Trinajstić information content (AvgIpc) is 3.10. The van der Waals surface area contributed by atoms with Crippen molar-refractivity contribution in [3.8, 4) is 0 Å². The maximum atomic E-state index is 13.0. The molecule has 0 radical (unpaired) electrons. The molecule has 0 bridgehead atoms. The molecule has 142 valence electrons. The number of aryl methyl sites for hydroxylation is 1. The molecule has 1 fully saturated rings. The second kappa shape index (κ2) is 7.22. The molecule has 1 aliphatic rings. The molecule has 1 amide bonds. The molecule has 27 heavy (non-hydrogen) atoms. The second-order valence-electron chi connectivity index (χ2n) is 6.10. The molecule has 0 spiro atoms. The minimum atomic E-state index is -4.47. The van der Waals surface area contributed by atoms with Crippen LogP contribution < -0.4 is 0 Å². The summed E-state index contributed by atoms with van der Waals surface area (Å²) in [6.07, 6.45) is -4.47. The van der Waals surface area contributed by atoms with Crippen molar-refractivity contribution < 1.29 is 22.9 Å². The number of amides is 1. The first-order valence-electron chi connectivity index (χ1n) is 8.03. The van der Waals surface area contributed by atoms with Crippen molar-refractivity contribution in [1.82, 2.24) is 4.90 Å². The standard InChI is InChI=1S/C18H15F3N2O3S/c1-11-5-6-12(10-15(11)23(25)26)16(24)22-7-8-27-17(22)13-3-2-4-14(9-13)18(19,20)21/h2-6,9-10,17H,7-8H2,1H3/t17-/m0/s1. The van der Waals surface area contributed by atoms with Gasteiger partial charge in [0.15, 0.2) is 0 Å². The lowest BCUT2D eigenvalue weighted by atomic mass is 10.1. The van der Waals surface area contributed by atoms with Crippen LogP contribution in [0.2, 0.25) is 0 Å². The summed E-state index contributed by atoms with van der Waals surface area (Å²) in [7, 11) is 0. The molecule has 1 saturated heterocycles. The smallest absolute Gasteiger partial charge is 0.322 e. The summed E-state index contributed by atoms with van der Waals surface area (Å²) in [6, 6.07) is 9.10. The van der Waals surface area contributed by atoms with Crippen LogP contribution >= 0.6 is 11.8 Å². The largest absolute Gasteiger partial charge is 0.416 e. The number of carbonyl (C=O) groups is 1. The van der Waals surface area contributed by atoms with Crippen molar-refractivity contribution in [2.24, 2.45) is 0 Å². The molecule has 0 saturated carbocycles. The Morgan fingerprint density at radius 1 is 1.26 bits per heavy atom. The fourth-order valence-electron chi connectivity index (χ4n) is 2.93. The monoisotopic (exact) mass is 396 g/mol. The van der Waals surface area contributed by atoms with Gasteiger partial charge in [0.25, 0.3) is 11.6 Å². The van der Waals surface area contributed by atoms with Crippen LogP contribution in [0.1, 0.15) is 32.4 Å². The zero-order valence-electron chi connectivity index (χ0n) is 14.2. The summed E-state index contributed by atoms with van der Waals surface area (Å²) in [5, 5.41) is 10.5. The number of nitro benzene ring substituents is 1. The van der Waals surface area contributed by atoms with Crippen molar-refractivity contribution in [3.63, 3.8) is 0 Å². The van der Waals surface area contributed by atoms with Crippen molar-refractivity contribution in [2.75, 3.05) is 12.3 Å². The van der Waals surface area contributed by atoms with E-state index in [4.69, 9.17) is 0 Å². The summed E-state index contributed by atoms with van der Waals surface area (Å²) in [5.74, 6) is 0.131. The van der Waals surface area contributed by atoms with Crippen LogP contribution in [-0.4, -0.2) is 28.0 Å². The lowest BCUT2D eigenvalue weighted by Crippen LogP contribution is -2.30. The van der Waals surface area contributed by atoms with Gasteiger partial charge in [-0.25, -0.2) is 0 Å². The van der Waals surface area contributed by atoms with Crippen molar-refractivity contribution in [2.45, 2.75) is 18.5 Å². The SMILES string of the molecule is Cc1ccc(C(=O)N2CCS[C@H]2c2cccc(C(F)(F)F)c2)cc1[N+](=O)[O-]. The summed E-state index contributed by atoms with van der Waals surface area (Å²) >= 11 is 1.36. The third-order valence-electron chi connectivity index (χ3n) is 4.30. The van der Waals surface area contributed by atoms with E-state index < -0.39 is 27.9 Å². The lowest BCUT2D eigenvalue weighted by Gasteiger charge is -2.25. The fourth-order valence-corrected chi connectivity index (χ4v) is 4.17. The van der Waals surface area contributed by atoms with E-state index >= 15 is 0 Å². The number of thioether (sulfide) groups is 1. The average molecular weight is 396 g/mol. The zero-order valence-corrected chi connectivity index (χ0v) is 15.0. The molecule has 2 aromatic rings. The molecule has 1 aliphatic heterocycles. The normalized spacial score (nSPS) is 17.2. The Kier molecular flexibility index (Phi) is 5.14. The Labute approximate surface area is 157 Å². The highest BCUT2D eigenvalue weighted by Gasteiger charge is 2.35. The first-order chi connectivity index (χ1) is 12.7. The zero-order chi connectivity index (χ0) is 19.8. The molecule has 0 aliphatic carbocycles. The Bertz CT molecular complexity index is 902. The number of benzene rings is 2. The molecule has 5 nitrogen and oxygen atoms in total. The van der Waals surface area contributed by atoms with Gasteiger partial charge in [0.1, 0.15) is 5.37 Å². The molecule has 0 N–H and O–H groups in total. The third kappa shape index (κ3) is 3.92. The van der Waals surface area contributed by atoms with Gasteiger partial charge in [-0.3, -0.25) is 14.9 Å². The van der Waals surface area contributed by atoms with Gasteiger partial charge in [-0.2, -0.15) is 13.2 Å². The van der Waals surface area contributed by atoms with Crippen LogP contribution in [0.4, 0.5) is 18.9 Å². The maximum absolute atomic E-state index is 13.0. The number of nitrogens with zero attached hydrogens (tertiary/aromatic N) is 2. The third-order valence-corrected chi connectivity index (χ3v) is 5.56. The highest BCUT2D eigenvalue weighted by Crippen LogP contribution is 2.41. The van der Waals surface area contributed by atoms with Gasteiger partial charge in [0.05, 0.1) is 10.5 Å². The van der Waals surface area contributed by atoms with Gasteiger partial charge < -0.3 is 4.90 Å². The van der Waals surface area contributed by atoms with Crippen LogP contribution in [-0.2, 0) is 6.18 Å². The first-order valence-corrected chi connectivity index (χ1v) is 9.08. The lowest BCUT2D eigenvalue weighted by molar-refractivity contribution is -0.385. The summed E-state index contributed by atoms with van der Waals surface area (Å²) in [4.78, 5) is 24.9. The predicted octanol–water partition coefficient (Wildman–Crippen LogP) is 4.81. The van der Waals surface area contributed by atoms with Crippen molar-refractivity contribution in [1.29, 1.82) is 0 Å². The minimum absolute atomic E-state index is 0.145. The van der Waals surface area contributed by atoms with Crippen molar-refractivity contribution in [3.05, 3.63) is 74.8 Å². The number of hydrogen-bond acceptors (Lipinski definition) is 4. The van der Waals surface area contributed by atoms with E-state index in [1.165, 1.54) is 40.9 Å². The molecule has 3 rings (SSSR count). The molecular weight excluding hydrogens is 381 g/mol. The fraction of sp³-hybridized carbons (Fsp3) is 0.278. The second-order valence-corrected chi connectivity index (χ2v) is 7.29. The minimum Gasteiger partial charge on any atom is -0.322 e. The molecule has 0 unspecified atom stereocenters. The van der Waals surface area contributed by atoms with Crippen LogP contribution in [0.5, 0.6) is 0 Å². The summed E-state index contributed by atoms with van der Waals surface area (Å²) < 4.78 is 38.9. The number of halogens is 3. The Morgan fingerprint density at radius 2 is 2.00 bits per heavy atom. The predicted molar refractivity (Wildman–Crippen MR) is 95.5 cm³/mol. The molecule has 0 aromatic heterocycles. The van der Waals surface area contributed by atoms with Crippen LogP contribution in [0.3, 0.4) is 0 Å². The van der Waals surface area contributed by atoms with Crippen LogP contribution in [0.25, 0.3) is 0 Å². The van der Waals surface area contributed by atoms with Gasteiger partial charge in [-0.15, -0.1) is 11.8 Å². The first kappa shape index (κ1) is 19.2. The highest BCUT2D eigenvalue weighted by molar-refractivity contribution is 7.99. The van der Waals surface area contributed by atoms with Crippen molar-refractivity contribution >= 4 is 23.4 Å². The van der Waals surface area contributed by atoms with Gasteiger partial charge in [0.2, 0.25) is 0 Å². The maximum Gasteiger partial charge on any atom is 0.416 e. The topological polar surface area (TPSA) is 63.5 Å². The number of hydrogen-bond donors (Lipinski definition) is 0. The van der Waals surface area contributed by atoms with E-state index in [2.05, 4.69) is 0 Å². The number of rotatable bonds is 3. The van der Waals surface area contributed by atoms with E-state index in [1.807, 2.05) is 0 Å². The van der Waals surface area contributed by atoms with Crippen LogP contribution in [0, 0.1) is 17.0 Å². The van der Waals surface area contributed by atoms with E-state index in [-0.39, 0.29) is 11.3 Å². The van der Waals surface area contributed by atoms with E-state index in [1.54, 1.807) is 13.0 Å². The van der Waals surface area contributed by atoms with E-state index in [0.717, 1.165) is 12.1 Å². The van der Waals surface area contributed by atoms with Crippen LogP contribution in [0.15, 0.2) is 42.5 Å². The molecule has 1 heterocycles. The van der Waals surface area contributed by atoms with E-state index in [9.17, 15) is 28.1 Å². The Balaban J connectivity index is 1.92. The van der Waals surface area contributed by atoms with E-state index in [0.29, 0.717) is 23.4 Å². The van der Waals surface area contributed by atoms with Gasteiger partial charge in [0, 0.05) is 29.5 Å². The number of nitro groups is 1. The highest BCUT2D eigenvalue weighted by atomic mass is 32.2. The molecule has 2 aromatic carbocycles. The Morgan fingerprint density at radius 3 is 2.67 bits per heavy atom. The quantitative estimate of drug-likeness (QED) is 0.552. The summed E-state index contributed by atoms with van der Waals surface area (Å²) in [5.41, 5.74) is 0.0185. The van der Waals surface area contributed by atoms with Gasteiger partial charge in [-0.05, 0) is 30.7 Å².